The molecule has 1 aliphatic rings. The highest BCUT2D eigenvalue weighted by atomic mass is 32.1. The number of nitro groups is 1. The number of hydrazone groups is 1. The number of aryl methyl sites for hydroxylation is 2. The highest BCUT2D eigenvalue weighted by molar-refractivity contribution is 7.25. The fourth-order valence-electron chi connectivity index (χ4n) is 3.57. The molecule has 0 radical (unpaired) electrons. The number of amidine groups is 1. The predicted molar refractivity (Wildman–Crippen MR) is 121 cm³/mol. The Hall–Kier alpha value is -4.19. The highest BCUT2D eigenvalue weighted by Gasteiger charge is 2.28. The minimum atomic E-state index is -0.513. The van der Waals surface area contributed by atoms with Crippen molar-refractivity contribution in [2.24, 2.45) is 5.10 Å². The molecule has 0 atom stereocenters. The van der Waals surface area contributed by atoms with Gasteiger partial charge in [-0.2, -0.15) is 9.69 Å². The van der Waals surface area contributed by atoms with Crippen LogP contribution in [-0.2, 0) is 4.79 Å². The molecule has 0 amide bonds. The second-order valence-corrected chi connectivity index (χ2v) is 8.29. The van der Waals surface area contributed by atoms with Gasteiger partial charge >= 0.3 is 0 Å². The van der Waals surface area contributed by atoms with Gasteiger partial charge in [0.05, 0.1) is 10.6 Å². The third kappa shape index (κ3) is 2.92. The first-order chi connectivity index (χ1) is 15.2. The van der Waals surface area contributed by atoms with Crippen LogP contribution in [0.2, 0.25) is 0 Å². The molecule has 0 fully saturated rings. The number of Topliss-reactive ketones (excluding diaryl/α,β-unsaturated/α-hetero) is 1. The highest BCUT2D eigenvalue weighted by Crippen LogP contribution is 2.35. The Morgan fingerprint density at radius 1 is 1.19 bits per heavy atom. The fourth-order valence-corrected chi connectivity index (χ4v) is 4.74. The molecular weight excluding hydrogens is 434 g/mol. The maximum absolute atomic E-state index is 13.4. The zero-order valence-corrected chi connectivity index (χ0v) is 17.9. The molecule has 0 bridgehead atoms. The van der Waals surface area contributed by atoms with E-state index >= 15 is 0 Å². The third-order valence-electron chi connectivity index (χ3n) is 5.02. The van der Waals surface area contributed by atoms with Crippen molar-refractivity contribution in [2.45, 2.75) is 20.8 Å². The van der Waals surface area contributed by atoms with Crippen LogP contribution >= 0.6 is 11.3 Å². The van der Waals surface area contributed by atoms with E-state index in [9.17, 15) is 19.7 Å². The van der Waals surface area contributed by atoms with Crippen LogP contribution in [0.1, 0.15) is 18.2 Å². The van der Waals surface area contributed by atoms with Gasteiger partial charge in [0, 0.05) is 30.1 Å². The molecule has 12 heteroatoms. The Morgan fingerprint density at radius 3 is 2.56 bits per heavy atom. The van der Waals surface area contributed by atoms with Crippen LogP contribution in [0.15, 0.2) is 40.2 Å². The minimum Gasteiger partial charge on any atom is -0.291 e. The van der Waals surface area contributed by atoms with Gasteiger partial charge in [0.25, 0.3) is 17.2 Å². The lowest BCUT2D eigenvalue weighted by Crippen LogP contribution is -2.44. The zero-order valence-electron chi connectivity index (χ0n) is 17.1. The summed E-state index contributed by atoms with van der Waals surface area (Å²) in [4.78, 5) is 45.9. The van der Waals surface area contributed by atoms with Crippen LogP contribution in [0.4, 0.5) is 17.3 Å². The molecule has 11 nitrogen and oxygen atoms in total. The largest absolute Gasteiger partial charge is 0.292 e. The molecule has 0 saturated heterocycles. The maximum atomic E-state index is 13.4. The monoisotopic (exact) mass is 449 g/mol. The van der Waals surface area contributed by atoms with E-state index in [0.717, 1.165) is 21.3 Å². The number of nitrogens with zero attached hydrogens (tertiary/aromatic N) is 6. The fraction of sp³-hybridized carbons (Fsp3) is 0.150. The molecule has 4 heterocycles. The van der Waals surface area contributed by atoms with Crippen LogP contribution in [0.25, 0.3) is 20.4 Å². The van der Waals surface area contributed by atoms with Crippen molar-refractivity contribution >= 4 is 60.7 Å². The molecule has 4 aromatic rings. The van der Waals surface area contributed by atoms with E-state index in [1.165, 1.54) is 47.5 Å². The molecule has 1 aromatic carbocycles. The number of thiophene rings is 1. The van der Waals surface area contributed by atoms with Crippen molar-refractivity contribution < 1.29 is 9.72 Å². The van der Waals surface area contributed by atoms with Gasteiger partial charge in [-0.05, 0) is 37.6 Å². The van der Waals surface area contributed by atoms with Crippen LogP contribution < -0.4 is 16.0 Å². The Labute approximate surface area is 183 Å². The van der Waals surface area contributed by atoms with Crippen LogP contribution in [-0.4, -0.2) is 31.2 Å². The van der Waals surface area contributed by atoms with Crippen molar-refractivity contribution in [3.8, 4) is 0 Å². The van der Waals surface area contributed by atoms with Gasteiger partial charge in [-0.1, -0.05) is 0 Å². The smallest absolute Gasteiger partial charge is 0.291 e. The number of carbonyl (C=O) groups excluding carboxylic acids is 1. The van der Waals surface area contributed by atoms with E-state index in [1.54, 1.807) is 0 Å². The van der Waals surface area contributed by atoms with Crippen LogP contribution in [0.5, 0.6) is 0 Å². The van der Waals surface area contributed by atoms with Crippen molar-refractivity contribution in [1.29, 1.82) is 0 Å². The second kappa shape index (κ2) is 6.92. The average molecular weight is 449 g/mol. The SMILES string of the molecule is CC(=O)C1=NN(c2ccc([N+](=O)[O-])cc2)c2nc3c(sc4nc(C)cc(C)c43)c(=O)n2N1. The number of pyridine rings is 1. The normalized spacial score (nSPS) is 13.1. The topological polar surface area (TPSA) is 136 Å². The number of benzene rings is 1. The number of fused-ring (bicyclic) bond motifs is 4. The first-order valence-corrected chi connectivity index (χ1v) is 10.3. The molecule has 3 aromatic heterocycles. The predicted octanol–water partition coefficient (Wildman–Crippen LogP) is 3.13. The lowest BCUT2D eigenvalue weighted by atomic mass is 10.1. The van der Waals surface area contributed by atoms with Gasteiger partial charge in [0.2, 0.25) is 5.84 Å². The summed E-state index contributed by atoms with van der Waals surface area (Å²) in [6, 6.07) is 7.52. The molecule has 0 aliphatic carbocycles. The van der Waals surface area contributed by atoms with Gasteiger partial charge < -0.3 is 0 Å². The number of anilines is 2. The van der Waals surface area contributed by atoms with Crippen LogP contribution in [0.3, 0.4) is 0 Å². The average Bonchev–Trinajstić information content (AvgIpc) is 3.12. The number of aromatic nitrogens is 3. The summed E-state index contributed by atoms with van der Waals surface area (Å²) >= 11 is 1.24. The van der Waals surface area contributed by atoms with Crippen molar-refractivity contribution in [3.63, 3.8) is 0 Å². The number of rotatable bonds is 3. The maximum Gasteiger partial charge on any atom is 0.292 e. The van der Waals surface area contributed by atoms with E-state index in [2.05, 4.69) is 15.5 Å². The minimum absolute atomic E-state index is 0.0645. The molecular formula is C20H15N7O4S. The number of nitro benzene ring substituents is 1. The van der Waals surface area contributed by atoms with E-state index in [1.807, 2.05) is 19.9 Å². The standard InChI is InChI=1S/C20H15N7O4S/c1-9-8-10(2)21-18-14(9)15-16(32-18)19(29)26-20(22-15)25(23-17(24-26)11(3)28)12-4-6-13(7-5-12)27(30)31/h4-8H,1-3H3,(H,23,24). The first kappa shape index (κ1) is 19.8. The second-order valence-electron chi connectivity index (χ2n) is 7.29. The first-order valence-electron chi connectivity index (χ1n) is 9.49. The van der Waals surface area contributed by atoms with Gasteiger partial charge in [-0.25, -0.2) is 9.97 Å². The third-order valence-corrected chi connectivity index (χ3v) is 6.08. The summed E-state index contributed by atoms with van der Waals surface area (Å²) in [6.45, 7) is 5.13. The molecule has 0 saturated carbocycles. The lowest BCUT2D eigenvalue weighted by Gasteiger charge is -2.27. The van der Waals surface area contributed by atoms with Crippen molar-refractivity contribution in [2.75, 3.05) is 10.4 Å². The lowest BCUT2D eigenvalue weighted by molar-refractivity contribution is -0.384. The van der Waals surface area contributed by atoms with Gasteiger partial charge in [0.1, 0.15) is 15.0 Å². The summed E-state index contributed by atoms with van der Waals surface area (Å²) in [5.41, 5.74) is 4.90. The Morgan fingerprint density at radius 2 is 1.91 bits per heavy atom. The molecule has 160 valence electrons. The van der Waals surface area contributed by atoms with E-state index in [0.29, 0.717) is 20.7 Å². The molecule has 1 N–H and O–H groups in total. The number of hydrogen-bond acceptors (Lipinski definition) is 10. The summed E-state index contributed by atoms with van der Waals surface area (Å²) < 4.78 is 1.55. The molecule has 1 aliphatic heterocycles. The number of carbonyl (C=O) groups is 1. The molecule has 0 unspecified atom stereocenters. The molecule has 32 heavy (non-hydrogen) atoms. The zero-order chi connectivity index (χ0) is 22.7. The number of non-ortho nitro benzene ring substituents is 1. The van der Waals surface area contributed by atoms with Crippen molar-refractivity contribution in [1.82, 2.24) is 14.6 Å². The molecule has 0 spiro atoms. The number of hydrogen-bond donors (Lipinski definition) is 1. The Balaban J connectivity index is 1.80. The summed E-state index contributed by atoms with van der Waals surface area (Å²) in [6.07, 6.45) is 0. The number of ketones is 1. The van der Waals surface area contributed by atoms with E-state index in [4.69, 9.17) is 4.98 Å². The van der Waals surface area contributed by atoms with Gasteiger partial charge in [0.15, 0.2) is 5.78 Å². The van der Waals surface area contributed by atoms with Crippen molar-refractivity contribution in [3.05, 3.63) is 62.1 Å². The summed E-state index contributed by atoms with van der Waals surface area (Å²) in [5, 5.41) is 17.4. The summed E-state index contributed by atoms with van der Waals surface area (Å²) in [5.74, 6) is -0.328. The Kier molecular flexibility index (Phi) is 4.27. The Bertz CT molecular complexity index is 1550. The van der Waals surface area contributed by atoms with Gasteiger partial charge in [-0.3, -0.25) is 25.1 Å². The number of nitrogens with one attached hydrogen (secondary N) is 1. The van der Waals surface area contributed by atoms with E-state index in [-0.39, 0.29) is 23.3 Å². The van der Waals surface area contributed by atoms with Gasteiger partial charge in [-0.15, -0.1) is 16.4 Å². The van der Waals surface area contributed by atoms with E-state index < -0.39 is 10.5 Å². The quantitative estimate of drug-likeness (QED) is 0.372. The molecule has 5 rings (SSSR count). The summed E-state index contributed by atoms with van der Waals surface area (Å²) in [7, 11) is 0. The van der Waals surface area contributed by atoms with Crippen LogP contribution in [0, 0.1) is 24.0 Å².